The average molecular weight is 264 g/mol. The molecule has 0 aliphatic heterocycles. The third-order valence-electron chi connectivity index (χ3n) is 3.09. The minimum Gasteiger partial charge on any atom is -0.337 e. The number of hydrogen-bond acceptors (Lipinski definition) is 2. The molecule has 96 valence electrons. The topological polar surface area (TPSA) is 29.9 Å². The van der Waals surface area contributed by atoms with Crippen LogP contribution in [0.4, 0.5) is 0 Å². The molecule has 0 bridgehead atoms. The van der Waals surface area contributed by atoms with Crippen molar-refractivity contribution in [2.75, 3.05) is 0 Å². The lowest BCUT2D eigenvalue weighted by Crippen LogP contribution is -2.24. The van der Waals surface area contributed by atoms with Crippen molar-refractivity contribution in [3.63, 3.8) is 0 Å². The van der Waals surface area contributed by atoms with Crippen molar-refractivity contribution in [3.8, 4) is 0 Å². The molecule has 18 heavy (non-hydrogen) atoms. The fourth-order valence-corrected chi connectivity index (χ4v) is 2.31. The number of aromatic nitrogens is 2. The molecule has 4 heteroatoms. The first-order valence-corrected chi connectivity index (χ1v) is 6.44. The first-order valence-electron chi connectivity index (χ1n) is 6.06. The van der Waals surface area contributed by atoms with Gasteiger partial charge >= 0.3 is 0 Å². The van der Waals surface area contributed by atoms with Gasteiger partial charge in [-0.3, -0.25) is 0 Å². The van der Waals surface area contributed by atoms with Crippen LogP contribution in [0, 0.1) is 0 Å². The van der Waals surface area contributed by atoms with E-state index in [2.05, 4.69) is 30.2 Å². The van der Waals surface area contributed by atoms with Crippen molar-refractivity contribution >= 4 is 11.6 Å². The van der Waals surface area contributed by atoms with Crippen LogP contribution < -0.4 is 5.32 Å². The average Bonchev–Trinajstić information content (AvgIpc) is 2.75. The Morgan fingerprint density at radius 1 is 1.28 bits per heavy atom. The van der Waals surface area contributed by atoms with Crippen molar-refractivity contribution in [1.29, 1.82) is 0 Å². The summed E-state index contributed by atoms with van der Waals surface area (Å²) in [5, 5.41) is 4.29. The van der Waals surface area contributed by atoms with Gasteiger partial charge in [0.25, 0.3) is 0 Å². The molecular formula is C14H18ClN3. The van der Waals surface area contributed by atoms with Gasteiger partial charge in [0.2, 0.25) is 0 Å². The van der Waals surface area contributed by atoms with Gasteiger partial charge in [-0.05, 0) is 31.5 Å². The van der Waals surface area contributed by atoms with E-state index in [4.69, 9.17) is 11.6 Å². The number of benzene rings is 1. The molecule has 0 saturated carbocycles. The normalized spacial score (nSPS) is 14.4. The van der Waals surface area contributed by atoms with E-state index in [9.17, 15) is 0 Å². The third-order valence-corrected chi connectivity index (χ3v) is 3.33. The molecule has 3 nitrogen and oxygen atoms in total. The fourth-order valence-electron chi connectivity index (χ4n) is 2.12. The van der Waals surface area contributed by atoms with Crippen LogP contribution in [0.1, 0.15) is 37.3 Å². The summed E-state index contributed by atoms with van der Waals surface area (Å²) >= 11 is 6.01. The van der Waals surface area contributed by atoms with E-state index >= 15 is 0 Å². The number of nitrogens with zero attached hydrogens (tertiary/aromatic N) is 2. The molecule has 2 atom stereocenters. The zero-order valence-corrected chi connectivity index (χ0v) is 11.6. The van der Waals surface area contributed by atoms with E-state index in [-0.39, 0.29) is 12.1 Å². The van der Waals surface area contributed by atoms with Crippen LogP contribution in [0.25, 0.3) is 0 Å². The molecule has 0 aliphatic carbocycles. The summed E-state index contributed by atoms with van der Waals surface area (Å²) < 4.78 is 2.03. The Labute approximate surface area is 113 Å². The lowest BCUT2D eigenvalue weighted by molar-refractivity contribution is 0.467. The molecule has 0 radical (unpaired) electrons. The summed E-state index contributed by atoms with van der Waals surface area (Å²) in [5.74, 6) is 1.03. The molecule has 2 aromatic rings. The highest BCUT2D eigenvalue weighted by molar-refractivity contribution is 6.30. The summed E-state index contributed by atoms with van der Waals surface area (Å²) in [4.78, 5) is 4.35. The second kappa shape index (κ2) is 5.55. The number of rotatable bonds is 4. The van der Waals surface area contributed by atoms with Crippen molar-refractivity contribution < 1.29 is 0 Å². The van der Waals surface area contributed by atoms with E-state index in [1.807, 2.05) is 42.2 Å². The van der Waals surface area contributed by atoms with Gasteiger partial charge in [0.05, 0.1) is 6.04 Å². The van der Waals surface area contributed by atoms with Gasteiger partial charge in [0, 0.05) is 30.5 Å². The molecule has 0 spiro atoms. The summed E-state index contributed by atoms with van der Waals surface area (Å²) in [6, 6.07) is 8.36. The Morgan fingerprint density at radius 2 is 2.06 bits per heavy atom. The monoisotopic (exact) mass is 263 g/mol. The van der Waals surface area contributed by atoms with Crippen LogP contribution in [0.3, 0.4) is 0 Å². The van der Waals surface area contributed by atoms with Crippen LogP contribution in [0.15, 0.2) is 36.7 Å². The van der Waals surface area contributed by atoms with Crippen LogP contribution in [0.2, 0.25) is 5.02 Å². The molecule has 1 heterocycles. The SMILES string of the molecule is CC(N[C@H](C)c1cccc(Cl)c1)c1nccn1C. The minimum absolute atomic E-state index is 0.194. The van der Waals surface area contributed by atoms with Gasteiger partial charge in [-0.2, -0.15) is 0 Å². The Bertz CT molecular complexity index is 521. The summed E-state index contributed by atoms with van der Waals surface area (Å²) in [7, 11) is 2.00. The van der Waals surface area contributed by atoms with Crippen molar-refractivity contribution in [3.05, 3.63) is 53.1 Å². The van der Waals surface area contributed by atoms with Crippen molar-refractivity contribution in [2.45, 2.75) is 25.9 Å². The van der Waals surface area contributed by atoms with E-state index in [0.29, 0.717) is 0 Å². The van der Waals surface area contributed by atoms with Crippen LogP contribution in [-0.2, 0) is 7.05 Å². The quantitative estimate of drug-likeness (QED) is 0.915. The number of imidazole rings is 1. The van der Waals surface area contributed by atoms with E-state index in [1.165, 1.54) is 5.56 Å². The molecule has 1 N–H and O–H groups in total. The zero-order chi connectivity index (χ0) is 13.1. The molecule has 0 aliphatic rings. The predicted octanol–water partition coefficient (Wildman–Crippen LogP) is 3.49. The van der Waals surface area contributed by atoms with Gasteiger partial charge in [-0.25, -0.2) is 4.98 Å². The molecule has 0 fully saturated rings. The standard InChI is InChI=1S/C14H18ClN3/c1-10(12-5-4-6-13(15)9-12)17-11(2)14-16-7-8-18(14)3/h4-11,17H,1-3H3/t10-,11?/m1/s1. The summed E-state index contributed by atoms with van der Waals surface area (Å²) in [5.41, 5.74) is 1.18. The van der Waals surface area contributed by atoms with Crippen molar-refractivity contribution in [1.82, 2.24) is 14.9 Å². The first-order chi connectivity index (χ1) is 8.58. The zero-order valence-electron chi connectivity index (χ0n) is 10.9. The molecule has 1 unspecified atom stereocenters. The maximum atomic E-state index is 6.01. The van der Waals surface area contributed by atoms with Crippen LogP contribution in [-0.4, -0.2) is 9.55 Å². The van der Waals surface area contributed by atoms with E-state index in [1.54, 1.807) is 0 Å². The third kappa shape index (κ3) is 2.92. The second-order valence-electron chi connectivity index (χ2n) is 4.56. The maximum absolute atomic E-state index is 6.01. The Morgan fingerprint density at radius 3 is 2.67 bits per heavy atom. The molecule has 1 aromatic heterocycles. The highest BCUT2D eigenvalue weighted by Gasteiger charge is 2.14. The van der Waals surface area contributed by atoms with Gasteiger partial charge in [-0.1, -0.05) is 23.7 Å². The molecule has 2 rings (SSSR count). The van der Waals surface area contributed by atoms with E-state index < -0.39 is 0 Å². The first kappa shape index (κ1) is 13.1. The van der Waals surface area contributed by atoms with Crippen LogP contribution >= 0.6 is 11.6 Å². The Kier molecular flexibility index (Phi) is 4.04. The number of aryl methyl sites for hydroxylation is 1. The highest BCUT2D eigenvalue weighted by Crippen LogP contribution is 2.20. The summed E-state index contributed by atoms with van der Waals surface area (Å²) in [6.07, 6.45) is 3.77. The number of halogens is 1. The van der Waals surface area contributed by atoms with Gasteiger partial charge < -0.3 is 9.88 Å². The number of hydrogen-bond donors (Lipinski definition) is 1. The second-order valence-corrected chi connectivity index (χ2v) is 5.00. The largest absolute Gasteiger partial charge is 0.337 e. The maximum Gasteiger partial charge on any atom is 0.125 e. The van der Waals surface area contributed by atoms with E-state index in [0.717, 1.165) is 10.8 Å². The summed E-state index contributed by atoms with van der Waals surface area (Å²) in [6.45, 7) is 4.24. The van der Waals surface area contributed by atoms with Gasteiger partial charge in [-0.15, -0.1) is 0 Å². The highest BCUT2D eigenvalue weighted by atomic mass is 35.5. The van der Waals surface area contributed by atoms with Gasteiger partial charge in [0.1, 0.15) is 5.82 Å². The minimum atomic E-state index is 0.194. The Hall–Kier alpha value is -1.32. The lowest BCUT2D eigenvalue weighted by atomic mass is 10.1. The fraction of sp³-hybridized carbons (Fsp3) is 0.357. The van der Waals surface area contributed by atoms with Gasteiger partial charge in [0.15, 0.2) is 0 Å². The van der Waals surface area contributed by atoms with Crippen LogP contribution in [0.5, 0.6) is 0 Å². The smallest absolute Gasteiger partial charge is 0.125 e. The number of nitrogens with one attached hydrogen (secondary N) is 1. The molecular weight excluding hydrogens is 246 g/mol. The Balaban J connectivity index is 2.08. The molecule has 0 saturated heterocycles. The molecule has 0 amide bonds. The van der Waals surface area contributed by atoms with Crippen molar-refractivity contribution in [2.24, 2.45) is 7.05 Å². The molecule has 1 aromatic carbocycles. The lowest BCUT2D eigenvalue weighted by Gasteiger charge is -2.20. The predicted molar refractivity (Wildman–Crippen MR) is 74.6 cm³/mol.